The van der Waals surface area contributed by atoms with Crippen LogP contribution < -0.4 is 5.32 Å². The number of sulfonamides is 1. The van der Waals surface area contributed by atoms with Gasteiger partial charge in [0.25, 0.3) is 0 Å². The van der Waals surface area contributed by atoms with Crippen molar-refractivity contribution in [2.45, 2.75) is 24.3 Å². The van der Waals surface area contributed by atoms with Crippen molar-refractivity contribution in [3.63, 3.8) is 0 Å². The molecule has 4 aromatic rings. The summed E-state index contributed by atoms with van der Waals surface area (Å²) in [5.74, 6) is 0.650. The second kappa shape index (κ2) is 8.50. The van der Waals surface area contributed by atoms with Gasteiger partial charge >= 0.3 is 0 Å². The zero-order chi connectivity index (χ0) is 22.1. The molecule has 1 fully saturated rings. The highest BCUT2D eigenvalue weighted by Gasteiger charge is 2.26. The molecule has 0 atom stereocenters. The summed E-state index contributed by atoms with van der Waals surface area (Å²) in [5, 5.41) is 9.14. The molecule has 1 N–H and O–H groups in total. The first-order valence-electron chi connectivity index (χ1n) is 10.3. The minimum Gasteiger partial charge on any atom is -0.365 e. The predicted molar refractivity (Wildman–Crippen MR) is 123 cm³/mol. The topological polar surface area (TPSA) is 93.0 Å². The highest BCUT2D eigenvalue weighted by molar-refractivity contribution is 7.89. The number of halogens is 1. The van der Waals surface area contributed by atoms with Gasteiger partial charge in [-0.25, -0.2) is 23.1 Å². The van der Waals surface area contributed by atoms with Crippen molar-refractivity contribution >= 4 is 38.5 Å². The third-order valence-electron chi connectivity index (χ3n) is 5.50. The Balaban J connectivity index is 1.34. The SMILES string of the molecule is O=S(=O)(c1ccc(CNc2ncnc3c2cnn3-c2cccc(Cl)c2)cc1)N1CCCC1. The molecule has 1 saturated heterocycles. The van der Waals surface area contributed by atoms with Gasteiger partial charge in [-0.15, -0.1) is 0 Å². The first-order valence-corrected chi connectivity index (χ1v) is 12.1. The fourth-order valence-electron chi connectivity index (χ4n) is 3.82. The maximum absolute atomic E-state index is 12.7. The van der Waals surface area contributed by atoms with E-state index in [1.807, 2.05) is 30.3 Å². The van der Waals surface area contributed by atoms with Crippen LogP contribution in [0.5, 0.6) is 0 Å². The number of fused-ring (bicyclic) bond motifs is 1. The van der Waals surface area contributed by atoms with Gasteiger partial charge in [0.2, 0.25) is 10.0 Å². The first-order chi connectivity index (χ1) is 15.5. The molecule has 0 amide bonds. The average Bonchev–Trinajstić information content (AvgIpc) is 3.49. The molecule has 0 spiro atoms. The van der Waals surface area contributed by atoms with Gasteiger partial charge in [0.15, 0.2) is 5.65 Å². The lowest BCUT2D eigenvalue weighted by molar-refractivity contribution is 0.477. The molecule has 1 aliphatic heterocycles. The normalized spacial score (nSPS) is 14.8. The molecule has 5 rings (SSSR count). The lowest BCUT2D eigenvalue weighted by atomic mass is 10.2. The summed E-state index contributed by atoms with van der Waals surface area (Å²) < 4.78 is 28.6. The number of anilines is 1. The molecular formula is C22H21ClN6O2S. The lowest BCUT2D eigenvalue weighted by Crippen LogP contribution is -2.27. The Morgan fingerprint density at radius 1 is 1.03 bits per heavy atom. The van der Waals surface area contributed by atoms with E-state index in [2.05, 4.69) is 20.4 Å². The van der Waals surface area contributed by atoms with Crippen LogP contribution in [0.4, 0.5) is 5.82 Å². The maximum Gasteiger partial charge on any atom is 0.243 e. The van der Waals surface area contributed by atoms with Crippen LogP contribution in [0.15, 0.2) is 66.0 Å². The van der Waals surface area contributed by atoms with E-state index >= 15 is 0 Å². The van der Waals surface area contributed by atoms with E-state index in [1.165, 1.54) is 6.33 Å². The molecule has 0 bridgehead atoms. The number of benzene rings is 2. The molecular weight excluding hydrogens is 448 g/mol. The third kappa shape index (κ3) is 3.94. The molecule has 0 aliphatic carbocycles. The Hall–Kier alpha value is -3.01. The zero-order valence-electron chi connectivity index (χ0n) is 17.1. The van der Waals surface area contributed by atoms with Crippen molar-refractivity contribution in [2.75, 3.05) is 18.4 Å². The summed E-state index contributed by atoms with van der Waals surface area (Å²) >= 11 is 6.11. The molecule has 0 saturated carbocycles. The van der Waals surface area contributed by atoms with Crippen LogP contribution in [0.25, 0.3) is 16.7 Å². The summed E-state index contributed by atoms with van der Waals surface area (Å²) in [5.41, 5.74) is 2.42. The Morgan fingerprint density at radius 2 is 1.81 bits per heavy atom. The van der Waals surface area contributed by atoms with Gasteiger partial charge in [-0.05, 0) is 48.7 Å². The second-order valence-corrected chi connectivity index (χ2v) is 9.98. The van der Waals surface area contributed by atoms with Crippen LogP contribution >= 0.6 is 11.6 Å². The molecule has 10 heteroatoms. The van der Waals surface area contributed by atoms with Gasteiger partial charge in [-0.2, -0.15) is 9.40 Å². The lowest BCUT2D eigenvalue weighted by Gasteiger charge is -2.15. The smallest absolute Gasteiger partial charge is 0.243 e. The van der Waals surface area contributed by atoms with Gasteiger partial charge in [-0.3, -0.25) is 0 Å². The summed E-state index contributed by atoms with van der Waals surface area (Å²) in [7, 11) is -3.41. The van der Waals surface area contributed by atoms with Crippen LogP contribution in [0.1, 0.15) is 18.4 Å². The van der Waals surface area contributed by atoms with Crippen LogP contribution in [0, 0.1) is 0 Å². The van der Waals surface area contributed by atoms with E-state index in [-0.39, 0.29) is 0 Å². The summed E-state index contributed by atoms with van der Waals surface area (Å²) in [4.78, 5) is 9.05. The summed E-state index contributed by atoms with van der Waals surface area (Å²) in [6.07, 6.45) is 5.04. The van der Waals surface area contributed by atoms with Crippen molar-refractivity contribution in [3.8, 4) is 5.69 Å². The van der Waals surface area contributed by atoms with Gasteiger partial charge in [0, 0.05) is 24.7 Å². The van der Waals surface area contributed by atoms with Crippen LogP contribution in [-0.2, 0) is 16.6 Å². The largest absolute Gasteiger partial charge is 0.365 e. The second-order valence-electron chi connectivity index (χ2n) is 7.60. The molecule has 164 valence electrons. The van der Waals surface area contributed by atoms with E-state index in [0.717, 1.165) is 29.5 Å². The van der Waals surface area contributed by atoms with E-state index in [1.54, 1.807) is 33.4 Å². The molecule has 32 heavy (non-hydrogen) atoms. The van der Waals surface area contributed by atoms with Crippen molar-refractivity contribution in [2.24, 2.45) is 0 Å². The Kier molecular flexibility index (Phi) is 5.54. The summed E-state index contributed by atoms with van der Waals surface area (Å²) in [6.45, 7) is 1.68. The highest BCUT2D eigenvalue weighted by Crippen LogP contribution is 2.24. The third-order valence-corrected chi connectivity index (χ3v) is 7.65. The Labute approximate surface area is 190 Å². The minimum absolute atomic E-state index is 0.329. The number of nitrogens with zero attached hydrogens (tertiary/aromatic N) is 5. The van der Waals surface area contributed by atoms with Crippen LogP contribution in [0.3, 0.4) is 0 Å². The molecule has 0 unspecified atom stereocenters. The number of hydrogen-bond donors (Lipinski definition) is 1. The zero-order valence-corrected chi connectivity index (χ0v) is 18.7. The molecule has 3 heterocycles. The highest BCUT2D eigenvalue weighted by atomic mass is 35.5. The van der Waals surface area contributed by atoms with Gasteiger partial charge < -0.3 is 5.32 Å². The number of rotatable bonds is 6. The summed E-state index contributed by atoms with van der Waals surface area (Å²) in [6, 6.07) is 14.4. The minimum atomic E-state index is -3.41. The number of aromatic nitrogens is 4. The van der Waals surface area contributed by atoms with Crippen molar-refractivity contribution in [3.05, 3.63) is 71.6 Å². The van der Waals surface area contributed by atoms with Crippen molar-refractivity contribution in [1.82, 2.24) is 24.1 Å². The molecule has 1 aliphatic rings. The fraction of sp³-hybridized carbons (Fsp3) is 0.227. The molecule has 2 aromatic heterocycles. The standard InChI is InChI=1S/C22H21ClN6O2S/c23-17-4-3-5-18(12-17)29-22-20(14-27-29)21(25-15-26-22)24-13-16-6-8-19(9-7-16)32(30,31)28-10-1-2-11-28/h3-9,12,14-15H,1-2,10-11,13H2,(H,24,25,26). The Morgan fingerprint density at radius 3 is 2.56 bits per heavy atom. The molecule has 0 radical (unpaired) electrons. The van der Waals surface area contributed by atoms with Crippen molar-refractivity contribution < 1.29 is 8.42 Å². The van der Waals surface area contributed by atoms with E-state index in [9.17, 15) is 8.42 Å². The monoisotopic (exact) mass is 468 g/mol. The molecule has 2 aromatic carbocycles. The van der Waals surface area contributed by atoms with Crippen LogP contribution in [0.2, 0.25) is 5.02 Å². The maximum atomic E-state index is 12.7. The average molecular weight is 469 g/mol. The van der Waals surface area contributed by atoms with Gasteiger partial charge in [-0.1, -0.05) is 29.8 Å². The van der Waals surface area contributed by atoms with E-state index < -0.39 is 10.0 Å². The van der Waals surface area contributed by atoms with E-state index in [0.29, 0.717) is 41.0 Å². The van der Waals surface area contributed by atoms with Gasteiger partial charge in [0.1, 0.15) is 12.1 Å². The quantitative estimate of drug-likeness (QED) is 0.461. The van der Waals surface area contributed by atoms with Crippen LogP contribution in [-0.4, -0.2) is 45.6 Å². The van der Waals surface area contributed by atoms with Crippen molar-refractivity contribution in [1.29, 1.82) is 0 Å². The first kappa shape index (κ1) is 20.9. The molecule has 8 nitrogen and oxygen atoms in total. The number of hydrogen-bond acceptors (Lipinski definition) is 6. The van der Waals surface area contributed by atoms with E-state index in [4.69, 9.17) is 11.6 Å². The Bertz CT molecular complexity index is 1360. The number of nitrogens with one attached hydrogen (secondary N) is 1. The van der Waals surface area contributed by atoms with Gasteiger partial charge in [0.05, 0.1) is 22.2 Å². The fourth-order valence-corrected chi connectivity index (χ4v) is 5.53. The predicted octanol–water partition coefficient (Wildman–Crippen LogP) is 3.87.